The van der Waals surface area contributed by atoms with Crippen LogP contribution >= 0.6 is 0 Å². The van der Waals surface area contributed by atoms with Gasteiger partial charge in [-0.15, -0.1) is 0 Å². The van der Waals surface area contributed by atoms with E-state index in [0.717, 1.165) is 0 Å². The van der Waals surface area contributed by atoms with E-state index in [1.807, 2.05) is 6.92 Å². The maximum absolute atomic E-state index is 12.2. The molecule has 0 aromatic heterocycles. The molecule has 0 saturated carbocycles. The van der Waals surface area contributed by atoms with E-state index < -0.39 is 0 Å². The number of rotatable bonds is 2. The highest BCUT2D eigenvalue weighted by Gasteiger charge is 1.91. The summed E-state index contributed by atoms with van der Waals surface area (Å²) in [6.07, 6.45) is 0. The molecule has 10 heavy (non-hydrogen) atoms. The molecule has 0 amide bonds. The van der Waals surface area contributed by atoms with Crippen LogP contribution in [-0.2, 0) is 0 Å². The van der Waals surface area contributed by atoms with Crippen LogP contribution in [0.5, 0.6) is 5.75 Å². The van der Waals surface area contributed by atoms with Crippen molar-refractivity contribution in [3.8, 4) is 5.75 Å². The second kappa shape index (κ2) is 3.20. The van der Waals surface area contributed by atoms with Crippen molar-refractivity contribution in [1.82, 2.24) is 0 Å². The van der Waals surface area contributed by atoms with Crippen molar-refractivity contribution < 1.29 is 9.13 Å². The number of halogens is 1. The van der Waals surface area contributed by atoms with Gasteiger partial charge in [-0.05, 0) is 25.1 Å². The number of benzene rings is 1. The first-order valence-corrected chi connectivity index (χ1v) is 3.13. The van der Waals surface area contributed by atoms with Crippen molar-refractivity contribution in [2.75, 3.05) is 6.61 Å². The Kier molecular flexibility index (Phi) is 2.26. The van der Waals surface area contributed by atoms with Gasteiger partial charge < -0.3 is 4.74 Å². The summed E-state index contributed by atoms with van der Waals surface area (Å²) >= 11 is 0. The average Bonchev–Trinajstić information content (AvgIpc) is 1.95. The summed E-state index contributed by atoms with van der Waals surface area (Å²) in [5.74, 6) is 0.298. The van der Waals surface area contributed by atoms with Crippen LogP contribution in [0.3, 0.4) is 0 Å². The molecule has 53 valence electrons. The largest absolute Gasteiger partial charge is 0.494 e. The van der Waals surface area contributed by atoms with Gasteiger partial charge in [0.25, 0.3) is 0 Å². The fourth-order valence-corrected chi connectivity index (χ4v) is 0.648. The number of hydrogen-bond donors (Lipinski definition) is 0. The van der Waals surface area contributed by atoms with Gasteiger partial charge in [0.1, 0.15) is 11.6 Å². The van der Waals surface area contributed by atoms with Crippen LogP contribution in [0.1, 0.15) is 6.92 Å². The summed E-state index contributed by atoms with van der Waals surface area (Å²) in [6.45, 7) is 2.48. The number of hydrogen-bond acceptors (Lipinski definition) is 1. The van der Waals surface area contributed by atoms with Crippen LogP contribution < -0.4 is 4.74 Å². The molecule has 0 aliphatic rings. The molecule has 0 spiro atoms. The molecule has 0 fully saturated rings. The van der Waals surface area contributed by atoms with E-state index in [9.17, 15) is 4.39 Å². The van der Waals surface area contributed by atoms with Crippen molar-refractivity contribution in [1.29, 1.82) is 0 Å². The van der Waals surface area contributed by atoms with E-state index in [4.69, 9.17) is 4.74 Å². The lowest BCUT2D eigenvalue weighted by molar-refractivity contribution is 0.339. The van der Waals surface area contributed by atoms with Crippen LogP contribution in [-0.4, -0.2) is 6.61 Å². The molecule has 1 radical (unpaired) electrons. The van der Waals surface area contributed by atoms with E-state index in [2.05, 4.69) is 6.07 Å². The van der Waals surface area contributed by atoms with Gasteiger partial charge in [-0.1, -0.05) is 0 Å². The maximum Gasteiger partial charge on any atom is 0.131 e. The molecule has 2 heteroatoms. The van der Waals surface area contributed by atoms with Crippen molar-refractivity contribution in [3.63, 3.8) is 0 Å². The second-order valence-electron chi connectivity index (χ2n) is 1.81. The monoisotopic (exact) mass is 139 g/mol. The van der Waals surface area contributed by atoms with Gasteiger partial charge in [-0.3, -0.25) is 0 Å². The van der Waals surface area contributed by atoms with E-state index in [-0.39, 0.29) is 5.82 Å². The lowest BCUT2D eigenvalue weighted by atomic mass is 10.3. The van der Waals surface area contributed by atoms with Crippen LogP contribution in [0.25, 0.3) is 0 Å². The zero-order valence-electron chi connectivity index (χ0n) is 5.73. The Morgan fingerprint density at radius 1 is 1.60 bits per heavy atom. The molecule has 0 bridgehead atoms. The van der Waals surface area contributed by atoms with Crippen molar-refractivity contribution in [2.45, 2.75) is 6.92 Å². The topological polar surface area (TPSA) is 9.23 Å². The Bertz CT molecular complexity index is 193. The Labute approximate surface area is 59.4 Å². The van der Waals surface area contributed by atoms with E-state index >= 15 is 0 Å². The van der Waals surface area contributed by atoms with Crippen LogP contribution in [0.2, 0.25) is 0 Å². The molecule has 1 rings (SSSR count). The van der Waals surface area contributed by atoms with E-state index in [0.29, 0.717) is 12.4 Å². The molecule has 1 nitrogen and oxygen atoms in total. The molecule has 0 aliphatic heterocycles. The lowest BCUT2D eigenvalue weighted by Crippen LogP contribution is -1.90. The van der Waals surface area contributed by atoms with Gasteiger partial charge in [0.05, 0.1) is 6.61 Å². The molecule has 1 aromatic carbocycles. The Balaban J connectivity index is 2.69. The fraction of sp³-hybridized carbons (Fsp3) is 0.250. The minimum absolute atomic E-state index is 0.358. The zero-order valence-corrected chi connectivity index (χ0v) is 5.73. The summed E-state index contributed by atoms with van der Waals surface area (Å²) in [5, 5.41) is 0. The van der Waals surface area contributed by atoms with Gasteiger partial charge in [0.2, 0.25) is 0 Å². The van der Waals surface area contributed by atoms with Crippen LogP contribution in [0.4, 0.5) is 4.39 Å². The van der Waals surface area contributed by atoms with E-state index in [1.54, 1.807) is 6.07 Å². The Hall–Kier alpha value is -1.05. The first kappa shape index (κ1) is 7.06. The molecule has 0 saturated heterocycles. The predicted molar refractivity (Wildman–Crippen MR) is 36.4 cm³/mol. The molecule has 0 atom stereocenters. The Morgan fingerprint density at radius 2 is 2.40 bits per heavy atom. The average molecular weight is 139 g/mol. The highest BCUT2D eigenvalue weighted by Crippen LogP contribution is 2.09. The fourth-order valence-electron chi connectivity index (χ4n) is 0.648. The minimum atomic E-state index is -0.358. The van der Waals surface area contributed by atoms with Gasteiger partial charge in [0, 0.05) is 6.07 Å². The molecule has 0 N–H and O–H groups in total. The standard InChI is InChI=1S/C8H8FO/c1-2-10-8-5-3-7(9)4-6-8/h3,5-6H,2H2,1H3. The second-order valence-corrected chi connectivity index (χ2v) is 1.81. The van der Waals surface area contributed by atoms with Crippen molar-refractivity contribution in [3.05, 3.63) is 30.1 Å². The van der Waals surface area contributed by atoms with E-state index in [1.165, 1.54) is 12.1 Å². The summed E-state index contributed by atoms with van der Waals surface area (Å²) in [7, 11) is 0. The predicted octanol–water partition coefficient (Wildman–Crippen LogP) is 2.02. The first-order chi connectivity index (χ1) is 4.83. The van der Waals surface area contributed by atoms with Crippen LogP contribution in [0, 0.1) is 11.9 Å². The molecular formula is C8H8FO. The summed E-state index contributed by atoms with van der Waals surface area (Å²) in [6, 6.07) is 6.78. The van der Waals surface area contributed by atoms with Gasteiger partial charge in [-0.25, -0.2) is 4.39 Å². The zero-order chi connectivity index (χ0) is 7.40. The quantitative estimate of drug-likeness (QED) is 0.609. The van der Waals surface area contributed by atoms with Crippen LogP contribution in [0.15, 0.2) is 18.2 Å². The molecular weight excluding hydrogens is 131 g/mol. The highest BCUT2D eigenvalue weighted by atomic mass is 19.1. The third-order valence-electron chi connectivity index (χ3n) is 1.06. The third-order valence-corrected chi connectivity index (χ3v) is 1.06. The third kappa shape index (κ3) is 1.72. The molecule has 1 aromatic rings. The normalized spacial score (nSPS) is 9.40. The summed E-state index contributed by atoms with van der Waals surface area (Å²) in [4.78, 5) is 0. The molecule has 0 heterocycles. The summed E-state index contributed by atoms with van der Waals surface area (Å²) < 4.78 is 17.3. The maximum atomic E-state index is 12.2. The van der Waals surface area contributed by atoms with Gasteiger partial charge >= 0.3 is 0 Å². The first-order valence-electron chi connectivity index (χ1n) is 3.13. The van der Waals surface area contributed by atoms with Gasteiger partial charge in [-0.2, -0.15) is 0 Å². The Morgan fingerprint density at radius 3 is 2.90 bits per heavy atom. The van der Waals surface area contributed by atoms with Crippen molar-refractivity contribution in [2.24, 2.45) is 0 Å². The van der Waals surface area contributed by atoms with Gasteiger partial charge in [0.15, 0.2) is 0 Å². The van der Waals surface area contributed by atoms with Crippen molar-refractivity contribution >= 4 is 0 Å². The SMILES string of the molecule is CCOc1c[c]c(F)cc1. The highest BCUT2D eigenvalue weighted by molar-refractivity contribution is 5.20. The number of ether oxygens (including phenoxy) is 1. The molecule has 0 unspecified atom stereocenters. The smallest absolute Gasteiger partial charge is 0.131 e. The molecule has 0 aliphatic carbocycles. The summed E-state index contributed by atoms with van der Waals surface area (Å²) in [5.41, 5.74) is 0. The minimum Gasteiger partial charge on any atom is -0.494 e. The lowest BCUT2D eigenvalue weighted by Gasteiger charge is -1.99.